The molecule has 2 N–H and O–H groups in total. The number of rotatable bonds is 5. The molecule has 1 aromatic carbocycles. The van der Waals surface area contributed by atoms with Crippen LogP contribution in [0, 0.1) is 0 Å². The molecule has 0 saturated carbocycles. The van der Waals surface area contributed by atoms with Crippen LogP contribution in [-0.2, 0) is 19.5 Å². The quantitative estimate of drug-likeness (QED) is 0.833. The highest BCUT2D eigenvalue weighted by Gasteiger charge is 2.04. The highest BCUT2D eigenvalue weighted by atomic mass is 32.1. The second-order valence-corrected chi connectivity index (χ2v) is 5.89. The van der Waals surface area contributed by atoms with Crippen LogP contribution in [0.15, 0.2) is 36.4 Å². The largest absolute Gasteiger partial charge is 0.399 e. The van der Waals surface area contributed by atoms with Crippen LogP contribution in [0.3, 0.4) is 0 Å². The van der Waals surface area contributed by atoms with E-state index in [1.165, 1.54) is 15.3 Å². The van der Waals surface area contributed by atoms with Crippen molar-refractivity contribution in [2.75, 3.05) is 12.8 Å². The third-order valence-electron chi connectivity index (χ3n) is 2.90. The summed E-state index contributed by atoms with van der Waals surface area (Å²) in [6.07, 6.45) is 1.13. The first-order valence-electron chi connectivity index (χ1n) is 6.28. The second-order valence-electron chi connectivity index (χ2n) is 4.64. The van der Waals surface area contributed by atoms with Crippen LogP contribution in [0.2, 0.25) is 0 Å². The molecule has 0 aliphatic heterocycles. The summed E-state index contributed by atoms with van der Waals surface area (Å²) in [4.78, 5) is 5.21. The summed E-state index contributed by atoms with van der Waals surface area (Å²) in [5.41, 5.74) is 7.90. The van der Waals surface area contributed by atoms with Crippen molar-refractivity contribution in [2.24, 2.45) is 0 Å². The molecule has 0 unspecified atom stereocenters. The molecule has 0 aliphatic carbocycles. The van der Waals surface area contributed by atoms with Gasteiger partial charge >= 0.3 is 0 Å². The average Bonchev–Trinajstić information content (AvgIpc) is 2.76. The Balaban J connectivity index is 1.94. The molecule has 0 spiro atoms. The molecule has 2 nitrogen and oxygen atoms in total. The fourth-order valence-corrected chi connectivity index (χ4v) is 3.06. The molecule has 0 aliphatic rings. The predicted octanol–water partition coefficient (Wildman–Crippen LogP) is 3.52. The van der Waals surface area contributed by atoms with E-state index in [1.54, 1.807) is 0 Å². The Bertz CT molecular complexity index is 505. The predicted molar refractivity (Wildman–Crippen MR) is 79.7 cm³/mol. The highest BCUT2D eigenvalue weighted by molar-refractivity contribution is 7.11. The van der Waals surface area contributed by atoms with E-state index in [2.05, 4.69) is 37.1 Å². The normalized spacial score (nSPS) is 11.1. The van der Waals surface area contributed by atoms with E-state index in [1.807, 2.05) is 29.5 Å². The van der Waals surface area contributed by atoms with Crippen molar-refractivity contribution in [3.63, 3.8) is 0 Å². The Labute approximate surface area is 113 Å². The molecule has 1 aromatic heterocycles. The van der Waals surface area contributed by atoms with Gasteiger partial charge in [-0.25, -0.2) is 0 Å². The first-order valence-corrected chi connectivity index (χ1v) is 7.09. The van der Waals surface area contributed by atoms with E-state index in [-0.39, 0.29) is 0 Å². The molecule has 2 rings (SSSR count). The zero-order valence-corrected chi connectivity index (χ0v) is 11.8. The summed E-state index contributed by atoms with van der Waals surface area (Å²) in [5, 5.41) is 0. The van der Waals surface area contributed by atoms with Crippen LogP contribution in [0.1, 0.15) is 22.2 Å². The first-order chi connectivity index (χ1) is 8.67. The minimum Gasteiger partial charge on any atom is -0.399 e. The first kappa shape index (κ1) is 13.1. The molecular formula is C15H20N2S. The molecular weight excluding hydrogens is 240 g/mol. The van der Waals surface area contributed by atoms with E-state index in [0.29, 0.717) is 0 Å². The van der Waals surface area contributed by atoms with E-state index in [4.69, 9.17) is 5.73 Å². The van der Waals surface area contributed by atoms with Crippen molar-refractivity contribution in [3.8, 4) is 0 Å². The number of nitrogen functional groups attached to an aromatic ring is 1. The lowest BCUT2D eigenvalue weighted by Crippen LogP contribution is -2.16. The Kier molecular flexibility index (Phi) is 4.39. The van der Waals surface area contributed by atoms with E-state index in [9.17, 15) is 0 Å². The summed E-state index contributed by atoms with van der Waals surface area (Å²) in [5.74, 6) is 0. The molecule has 0 fully saturated rings. The second kappa shape index (κ2) is 6.03. The molecule has 0 amide bonds. The third-order valence-corrected chi connectivity index (χ3v) is 4.11. The van der Waals surface area contributed by atoms with Gasteiger partial charge in [0.1, 0.15) is 0 Å². The highest BCUT2D eigenvalue weighted by Crippen LogP contribution is 2.19. The Hall–Kier alpha value is -1.32. The lowest BCUT2D eigenvalue weighted by Gasteiger charge is -2.15. The van der Waals surface area contributed by atoms with Crippen molar-refractivity contribution in [1.82, 2.24) is 4.90 Å². The average molecular weight is 260 g/mol. The molecule has 0 saturated heterocycles. The van der Waals surface area contributed by atoms with Crippen molar-refractivity contribution in [3.05, 3.63) is 51.7 Å². The number of aryl methyl sites for hydroxylation is 1. The smallest absolute Gasteiger partial charge is 0.0328 e. The van der Waals surface area contributed by atoms with Crippen LogP contribution in [0.4, 0.5) is 5.69 Å². The number of thiophene rings is 1. The van der Waals surface area contributed by atoms with Crippen molar-refractivity contribution >= 4 is 17.0 Å². The van der Waals surface area contributed by atoms with Gasteiger partial charge in [0.2, 0.25) is 0 Å². The standard InChI is InChI=1S/C15H20N2S/c1-3-14-7-8-15(18-14)11-17(2)10-12-5-4-6-13(16)9-12/h4-9H,3,10-11,16H2,1-2H3. The van der Waals surface area contributed by atoms with Crippen LogP contribution in [0.5, 0.6) is 0 Å². The summed E-state index contributed by atoms with van der Waals surface area (Å²) >= 11 is 1.91. The number of anilines is 1. The van der Waals surface area contributed by atoms with Gasteiger partial charge in [-0.1, -0.05) is 19.1 Å². The van der Waals surface area contributed by atoms with Gasteiger partial charge < -0.3 is 5.73 Å². The molecule has 2 aromatic rings. The monoisotopic (exact) mass is 260 g/mol. The molecule has 3 heteroatoms. The van der Waals surface area contributed by atoms with E-state index >= 15 is 0 Å². The van der Waals surface area contributed by atoms with Gasteiger partial charge in [0.15, 0.2) is 0 Å². The van der Waals surface area contributed by atoms with Gasteiger partial charge in [0.05, 0.1) is 0 Å². The number of hydrogen-bond acceptors (Lipinski definition) is 3. The van der Waals surface area contributed by atoms with Crippen LogP contribution in [-0.4, -0.2) is 11.9 Å². The Morgan fingerprint density at radius 2 is 1.89 bits per heavy atom. The fourth-order valence-electron chi connectivity index (χ4n) is 2.02. The van der Waals surface area contributed by atoms with Crippen molar-refractivity contribution in [1.29, 1.82) is 0 Å². The maximum absolute atomic E-state index is 5.79. The van der Waals surface area contributed by atoms with Gasteiger partial charge in [-0.05, 0) is 43.3 Å². The number of hydrogen-bond donors (Lipinski definition) is 1. The van der Waals surface area contributed by atoms with Gasteiger partial charge in [-0.2, -0.15) is 0 Å². The van der Waals surface area contributed by atoms with Crippen molar-refractivity contribution in [2.45, 2.75) is 26.4 Å². The molecule has 96 valence electrons. The molecule has 0 atom stereocenters. The number of nitrogens with two attached hydrogens (primary N) is 1. The van der Waals surface area contributed by atoms with E-state index < -0.39 is 0 Å². The van der Waals surface area contributed by atoms with Crippen LogP contribution >= 0.6 is 11.3 Å². The van der Waals surface area contributed by atoms with Gasteiger partial charge in [0.25, 0.3) is 0 Å². The molecule has 0 bridgehead atoms. The van der Waals surface area contributed by atoms with Crippen LogP contribution in [0.25, 0.3) is 0 Å². The Morgan fingerprint density at radius 1 is 1.11 bits per heavy atom. The number of benzene rings is 1. The molecule has 0 radical (unpaired) electrons. The zero-order chi connectivity index (χ0) is 13.0. The lowest BCUT2D eigenvalue weighted by molar-refractivity contribution is 0.322. The zero-order valence-electron chi connectivity index (χ0n) is 11.0. The summed E-state index contributed by atoms with van der Waals surface area (Å²) in [6.45, 7) is 4.13. The van der Waals surface area contributed by atoms with Crippen LogP contribution < -0.4 is 5.73 Å². The summed E-state index contributed by atoms with van der Waals surface area (Å²) in [6, 6.07) is 12.6. The van der Waals surface area contributed by atoms with Gasteiger partial charge in [-0.15, -0.1) is 11.3 Å². The van der Waals surface area contributed by atoms with E-state index in [0.717, 1.165) is 25.2 Å². The summed E-state index contributed by atoms with van der Waals surface area (Å²) in [7, 11) is 2.15. The maximum atomic E-state index is 5.79. The van der Waals surface area contributed by atoms with Gasteiger partial charge in [0, 0.05) is 28.5 Å². The third kappa shape index (κ3) is 3.59. The maximum Gasteiger partial charge on any atom is 0.0328 e. The Morgan fingerprint density at radius 3 is 2.56 bits per heavy atom. The number of nitrogens with zero attached hydrogens (tertiary/aromatic N) is 1. The summed E-state index contributed by atoms with van der Waals surface area (Å²) < 4.78 is 0. The SMILES string of the molecule is CCc1ccc(CN(C)Cc2cccc(N)c2)s1. The fraction of sp³-hybridized carbons (Fsp3) is 0.333. The molecule has 18 heavy (non-hydrogen) atoms. The lowest BCUT2D eigenvalue weighted by atomic mass is 10.2. The minimum absolute atomic E-state index is 0.838. The minimum atomic E-state index is 0.838. The topological polar surface area (TPSA) is 29.3 Å². The molecule has 1 heterocycles. The van der Waals surface area contributed by atoms with Gasteiger partial charge in [-0.3, -0.25) is 4.90 Å². The van der Waals surface area contributed by atoms with Crippen molar-refractivity contribution < 1.29 is 0 Å².